The maximum Gasteiger partial charge on any atom is 0.183 e. The molecule has 1 N–H and O–H groups in total. The second-order valence-corrected chi connectivity index (χ2v) is 6.08. The van der Waals surface area contributed by atoms with Crippen molar-refractivity contribution in [2.45, 2.75) is 46.1 Å². The number of rotatable bonds is 6. The largest absolute Gasteiger partial charge is 0.359 e. The average Bonchev–Trinajstić information content (AvgIpc) is 2.98. The summed E-state index contributed by atoms with van der Waals surface area (Å²) in [5.41, 5.74) is 4.17. The Hall–Kier alpha value is -0.940. The molecule has 0 fully saturated rings. The van der Waals surface area contributed by atoms with Crippen LogP contribution in [-0.2, 0) is 6.42 Å². The Morgan fingerprint density at radius 1 is 1.33 bits per heavy atom. The van der Waals surface area contributed by atoms with Crippen molar-refractivity contribution in [2.24, 2.45) is 0 Å². The summed E-state index contributed by atoms with van der Waals surface area (Å²) in [6.07, 6.45) is 3.26. The van der Waals surface area contributed by atoms with Gasteiger partial charge in [0, 0.05) is 11.4 Å². The van der Waals surface area contributed by atoms with Gasteiger partial charge in [-0.1, -0.05) is 20.3 Å². The zero-order chi connectivity index (χ0) is 13.0. The summed E-state index contributed by atoms with van der Waals surface area (Å²) >= 11 is 3.36. The van der Waals surface area contributed by atoms with Gasteiger partial charge in [-0.3, -0.25) is 0 Å². The molecule has 5 heteroatoms. The predicted molar refractivity (Wildman–Crippen MR) is 80.6 cm³/mol. The van der Waals surface area contributed by atoms with Crippen LogP contribution in [0.5, 0.6) is 0 Å². The van der Waals surface area contributed by atoms with Crippen molar-refractivity contribution in [2.75, 3.05) is 5.32 Å². The van der Waals surface area contributed by atoms with Crippen LogP contribution in [-0.4, -0.2) is 16.0 Å². The zero-order valence-corrected chi connectivity index (χ0v) is 12.7. The second-order valence-electron chi connectivity index (χ2n) is 4.37. The highest BCUT2D eigenvalue weighted by Gasteiger charge is 2.12. The van der Waals surface area contributed by atoms with Crippen LogP contribution >= 0.6 is 22.7 Å². The molecular formula is C13H19N3S2. The first kappa shape index (κ1) is 13.5. The fourth-order valence-corrected chi connectivity index (χ4v) is 3.34. The maximum atomic E-state index is 4.66. The van der Waals surface area contributed by atoms with Crippen LogP contribution in [0.3, 0.4) is 0 Å². The van der Waals surface area contributed by atoms with E-state index >= 15 is 0 Å². The summed E-state index contributed by atoms with van der Waals surface area (Å²) in [5.74, 6) is 0. The van der Waals surface area contributed by atoms with E-state index in [-0.39, 0.29) is 0 Å². The molecule has 2 aromatic rings. The quantitative estimate of drug-likeness (QED) is 0.851. The van der Waals surface area contributed by atoms with Gasteiger partial charge < -0.3 is 5.32 Å². The molecule has 98 valence electrons. The Balaban J connectivity index is 2.16. The van der Waals surface area contributed by atoms with Gasteiger partial charge in [0.1, 0.15) is 0 Å². The van der Waals surface area contributed by atoms with Gasteiger partial charge in [-0.15, -0.1) is 22.7 Å². The molecule has 2 aromatic heterocycles. The molecule has 1 atom stereocenters. The average molecular weight is 281 g/mol. The summed E-state index contributed by atoms with van der Waals surface area (Å²) < 4.78 is 0. The van der Waals surface area contributed by atoms with Crippen molar-refractivity contribution in [3.05, 3.63) is 16.6 Å². The first-order valence-corrected chi connectivity index (χ1v) is 8.15. The summed E-state index contributed by atoms with van der Waals surface area (Å²) in [5, 5.41) is 6.55. The van der Waals surface area contributed by atoms with Crippen molar-refractivity contribution in [1.29, 1.82) is 0 Å². The van der Waals surface area contributed by atoms with Gasteiger partial charge in [-0.25, -0.2) is 9.97 Å². The summed E-state index contributed by atoms with van der Waals surface area (Å²) in [6.45, 7) is 6.53. The van der Waals surface area contributed by atoms with Crippen LogP contribution in [0, 0.1) is 0 Å². The number of nitrogens with zero attached hydrogens (tertiary/aromatic N) is 2. The number of nitrogens with one attached hydrogen (secondary N) is 1. The Labute approximate surface area is 116 Å². The normalized spacial score (nSPS) is 12.6. The fraction of sp³-hybridized carbons (Fsp3) is 0.538. The molecule has 0 aromatic carbocycles. The van der Waals surface area contributed by atoms with E-state index in [9.17, 15) is 0 Å². The Bertz CT molecular complexity index is 490. The first-order valence-electron chi connectivity index (χ1n) is 6.39. The van der Waals surface area contributed by atoms with Crippen LogP contribution in [0.2, 0.25) is 0 Å². The van der Waals surface area contributed by atoms with Crippen LogP contribution in [0.1, 0.15) is 39.3 Å². The monoisotopic (exact) mass is 281 g/mol. The molecule has 2 rings (SSSR count). The molecule has 2 heterocycles. The smallest absolute Gasteiger partial charge is 0.183 e. The summed E-state index contributed by atoms with van der Waals surface area (Å²) in [7, 11) is 0. The number of anilines is 1. The van der Waals surface area contributed by atoms with Crippen LogP contribution in [0.15, 0.2) is 10.9 Å². The number of aromatic nitrogens is 2. The minimum absolute atomic E-state index is 0.473. The van der Waals surface area contributed by atoms with Gasteiger partial charge in [0.05, 0.1) is 21.8 Å². The van der Waals surface area contributed by atoms with Crippen molar-refractivity contribution >= 4 is 27.8 Å². The van der Waals surface area contributed by atoms with Crippen molar-refractivity contribution < 1.29 is 0 Å². The van der Waals surface area contributed by atoms with Crippen molar-refractivity contribution in [3.8, 4) is 10.6 Å². The van der Waals surface area contributed by atoms with Crippen molar-refractivity contribution in [1.82, 2.24) is 9.97 Å². The van der Waals surface area contributed by atoms with Gasteiger partial charge in [0.15, 0.2) is 5.13 Å². The van der Waals surface area contributed by atoms with E-state index in [1.54, 1.807) is 22.7 Å². The number of hydrogen-bond acceptors (Lipinski definition) is 5. The van der Waals surface area contributed by atoms with E-state index in [2.05, 4.69) is 41.4 Å². The molecule has 0 aliphatic rings. The molecule has 1 unspecified atom stereocenters. The highest BCUT2D eigenvalue weighted by atomic mass is 32.1. The molecule has 0 saturated heterocycles. The molecule has 3 nitrogen and oxygen atoms in total. The van der Waals surface area contributed by atoms with Gasteiger partial charge in [0.25, 0.3) is 0 Å². The maximum absolute atomic E-state index is 4.66. The number of thiazole rings is 2. The van der Waals surface area contributed by atoms with E-state index in [1.807, 2.05) is 5.51 Å². The third-order valence-corrected chi connectivity index (χ3v) is 4.51. The lowest BCUT2D eigenvalue weighted by Gasteiger charge is -2.08. The number of aryl methyl sites for hydroxylation is 1. The second kappa shape index (κ2) is 6.29. The third kappa shape index (κ3) is 3.09. The molecule has 0 radical (unpaired) electrons. The van der Waals surface area contributed by atoms with Crippen LogP contribution < -0.4 is 5.32 Å². The van der Waals surface area contributed by atoms with E-state index < -0.39 is 0 Å². The molecule has 0 bridgehead atoms. The van der Waals surface area contributed by atoms with Gasteiger partial charge in [-0.05, 0) is 19.8 Å². The highest BCUT2D eigenvalue weighted by molar-refractivity contribution is 7.15. The van der Waals surface area contributed by atoms with Gasteiger partial charge >= 0.3 is 0 Å². The SMILES string of the molecule is CCCc1ncsc1-c1csc(NC(C)CC)n1. The van der Waals surface area contributed by atoms with E-state index in [0.717, 1.165) is 30.1 Å². The predicted octanol–water partition coefficient (Wildman–Crippen LogP) is 4.43. The molecule has 18 heavy (non-hydrogen) atoms. The van der Waals surface area contributed by atoms with Crippen molar-refractivity contribution in [3.63, 3.8) is 0 Å². The molecule has 0 aliphatic carbocycles. The Kier molecular flexibility index (Phi) is 4.72. The van der Waals surface area contributed by atoms with Crippen LogP contribution in [0.25, 0.3) is 10.6 Å². The molecule has 0 saturated carbocycles. The minimum atomic E-state index is 0.473. The fourth-order valence-electron chi connectivity index (χ4n) is 1.65. The highest BCUT2D eigenvalue weighted by Crippen LogP contribution is 2.31. The lowest BCUT2D eigenvalue weighted by Crippen LogP contribution is -2.12. The van der Waals surface area contributed by atoms with Gasteiger partial charge in [0.2, 0.25) is 0 Å². The minimum Gasteiger partial charge on any atom is -0.359 e. The number of hydrogen-bond donors (Lipinski definition) is 1. The van der Waals surface area contributed by atoms with E-state index in [4.69, 9.17) is 0 Å². The lowest BCUT2D eigenvalue weighted by molar-refractivity contribution is 0.763. The first-order chi connectivity index (χ1) is 8.74. The topological polar surface area (TPSA) is 37.8 Å². The van der Waals surface area contributed by atoms with E-state index in [0.29, 0.717) is 6.04 Å². The van der Waals surface area contributed by atoms with Crippen LogP contribution in [0.4, 0.5) is 5.13 Å². The summed E-state index contributed by atoms with van der Waals surface area (Å²) in [6, 6.07) is 0.473. The van der Waals surface area contributed by atoms with E-state index in [1.165, 1.54) is 10.6 Å². The molecular weight excluding hydrogens is 262 g/mol. The third-order valence-electron chi connectivity index (χ3n) is 2.85. The Morgan fingerprint density at radius 2 is 2.17 bits per heavy atom. The summed E-state index contributed by atoms with van der Waals surface area (Å²) in [4.78, 5) is 10.3. The standard InChI is InChI=1S/C13H19N3S2/c1-4-6-10-12(18-8-14-10)11-7-17-13(16-11)15-9(3)5-2/h7-9H,4-6H2,1-3H3,(H,15,16). The molecule has 0 amide bonds. The Morgan fingerprint density at radius 3 is 2.89 bits per heavy atom. The lowest BCUT2D eigenvalue weighted by atomic mass is 10.2. The zero-order valence-electron chi connectivity index (χ0n) is 11.1. The van der Waals surface area contributed by atoms with Gasteiger partial charge in [-0.2, -0.15) is 0 Å². The molecule has 0 spiro atoms. The molecule has 0 aliphatic heterocycles.